The normalized spacial score (nSPS) is 10.9. The Labute approximate surface area is 145 Å². The highest BCUT2D eigenvalue weighted by molar-refractivity contribution is 6.56. The van der Waals surface area contributed by atoms with Crippen LogP contribution in [0.5, 0.6) is 0 Å². The lowest BCUT2D eigenvalue weighted by Crippen LogP contribution is -1.94. The van der Waals surface area contributed by atoms with Gasteiger partial charge >= 0.3 is 0 Å². The van der Waals surface area contributed by atoms with Crippen molar-refractivity contribution in [2.24, 2.45) is 0 Å². The van der Waals surface area contributed by atoms with Crippen molar-refractivity contribution in [1.82, 2.24) is 0 Å². The Morgan fingerprint density at radius 1 is 0.800 bits per heavy atom. The van der Waals surface area contributed by atoms with E-state index in [1.165, 1.54) is 12.1 Å². The molecule has 0 aliphatic rings. The Morgan fingerprint density at radius 2 is 1.30 bits per heavy atom. The Hall–Kier alpha value is 0.110. The second kappa shape index (κ2) is 6.48. The Kier molecular flexibility index (Phi) is 5.34. The van der Waals surface area contributed by atoms with E-state index in [0.29, 0.717) is 11.1 Å². The maximum Gasteiger partial charge on any atom is 0.128 e. The molecule has 0 spiro atoms. The summed E-state index contributed by atoms with van der Waals surface area (Å²) in [5, 5.41) is 0.368. The van der Waals surface area contributed by atoms with Crippen LogP contribution in [-0.2, 0) is 5.88 Å². The molecule has 0 saturated carbocycles. The monoisotopic (exact) mass is 390 g/mol. The van der Waals surface area contributed by atoms with E-state index in [1.807, 2.05) is 0 Å². The summed E-state index contributed by atoms with van der Waals surface area (Å²) >= 11 is 36.1. The molecule has 2 aromatic rings. The van der Waals surface area contributed by atoms with Gasteiger partial charge in [0.15, 0.2) is 0 Å². The summed E-state index contributed by atoms with van der Waals surface area (Å²) in [6.07, 6.45) is 0. The van der Waals surface area contributed by atoms with Crippen molar-refractivity contribution in [3.05, 3.63) is 54.7 Å². The van der Waals surface area contributed by atoms with E-state index < -0.39 is 5.82 Å². The average molecular weight is 393 g/mol. The van der Waals surface area contributed by atoms with Crippen molar-refractivity contribution in [2.75, 3.05) is 0 Å². The molecule has 2 rings (SSSR count). The number of benzene rings is 2. The zero-order valence-electron chi connectivity index (χ0n) is 9.58. The average Bonchev–Trinajstić information content (AvgIpc) is 2.43. The summed E-state index contributed by atoms with van der Waals surface area (Å²) in [4.78, 5) is 0. The van der Waals surface area contributed by atoms with Crippen LogP contribution in [0.25, 0.3) is 11.1 Å². The van der Waals surface area contributed by atoms with Crippen LogP contribution in [0.3, 0.4) is 0 Å². The van der Waals surface area contributed by atoms with Crippen LogP contribution < -0.4 is 0 Å². The second-order valence-electron chi connectivity index (χ2n) is 3.84. The van der Waals surface area contributed by atoms with Gasteiger partial charge in [0, 0.05) is 11.1 Å². The molecule has 0 aliphatic heterocycles. The topological polar surface area (TPSA) is 0 Å². The third-order valence-corrected chi connectivity index (χ3v) is 5.28. The molecule has 0 fully saturated rings. The molecular formula is C13H5Cl6F. The molecular weight excluding hydrogens is 388 g/mol. The Balaban J connectivity index is 2.87. The van der Waals surface area contributed by atoms with Gasteiger partial charge < -0.3 is 0 Å². The minimum atomic E-state index is -0.466. The van der Waals surface area contributed by atoms with Crippen molar-refractivity contribution in [3.8, 4) is 11.1 Å². The molecule has 0 aromatic heterocycles. The number of alkyl halides is 1. The zero-order chi connectivity index (χ0) is 15.0. The third kappa shape index (κ3) is 2.72. The molecule has 106 valence electrons. The molecule has 7 heteroatoms. The fourth-order valence-electron chi connectivity index (χ4n) is 1.77. The van der Waals surface area contributed by atoms with Crippen LogP contribution in [0.4, 0.5) is 4.39 Å². The van der Waals surface area contributed by atoms with Crippen molar-refractivity contribution >= 4 is 69.6 Å². The van der Waals surface area contributed by atoms with E-state index in [1.54, 1.807) is 6.07 Å². The van der Waals surface area contributed by atoms with Gasteiger partial charge in [-0.2, -0.15) is 0 Å². The number of rotatable bonds is 2. The Morgan fingerprint density at radius 3 is 1.80 bits per heavy atom. The molecule has 0 nitrogen and oxygen atoms in total. The molecule has 0 N–H and O–H groups in total. The van der Waals surface area contributed by atoms with Crippen molar-refractivity contribution < 1.29 is 4.39 Å². The van der Waals surface area contributed by atoms with Crippen molar-refractivity contribution in [2.45, 2.75) is 5.88 Å². The number of hydrogen-bond acceptors (Lipinski definition) is 0. The van der Waals surface area contributed by atoms with Gasteiger partial charge in [0.05, 0.1) is 31.0 Å². The molecule has 2 aromatic carbocycles. The molecule has 0 heterocycles. The number of hydrogen-bond donors (Lipinski definition) is 0. The first kappa shape index (κ1) is 16.5. The maximum atomic E-state index is 13.8. The fraction of sp³-hybridized carbons (Fsp3) is 0.0769. The minimum Gasteiger partial charge on any atom is -0.207 e. The van der Waals surface area contributed by atoms with E-state index in [0.717, 1.165) is 0 Å². The van der Waals surface area contributed by atoms with Crippen LogP contribution in [-0.4, -0.2) is 0 Å². The lowest BCUT2D eigenvalue weighted by molar-refractivity contribution is 0.617. The van der Waals surface area contributed by atoms with E-state index in [9.17, 15) is 4.39 Å². The smallest absolute Gasteiger partial charge is 0.128 e. The summed E-state index contributed by atoms with van der Waals surface area (Å²) in [5.41, 5.74) is 0.991. The van der Waals surface area contributed by atoms with Gasteiger partial charge in [-0.1, -0.05) is 70.1 Å². The van der Waals surface area contributed by atoms with Gasteiger partial charge in [-0.25, -0.2) is 4.39 Å². The summed E-state index contributed by atoms with van der Waals surface area (Å²) in [7, 11) is 0. The predicted molar refractivity (Wildman–Crippen MR) is 86.4 cm³/mol. The summed E-state index contributed by atoms with van der Waals surface area (Å²) < 4.78 is 13.8. The molecule has 0 radical (unpaired) electrons. The van der Waals surface area contributed by atoms with Crippen molar-refractivity contribution in [1.29, 1.82) is 0 Å². The van der Waals surface area contributed by atoms with Crippen molar-refractivity contribution in [3.63, 3.8) is 0 Å². The molecule has 0 aliphatic carbocycles. The highest BCUT2D eigenvalue weighted by Crippen LogP contribution is 2.49. The second-order valence-corrected chi connectivity index (χ2v) is 6.00. The third-order valence-electron chi connectivity index (χ3n) is 2.73. The zero-order valence-corrected chi connectivity index (χ0v) is 14.1. The fourth-order valence-corrected chi connectivity index (χ4v) is 3.38. The number of halogens is 7. The molecule has 0 amide bonds. The Bertz CT molecular complexity index is 654. The summed E-state index contributed by atoms with van der Waals surface area (Å²) in [5.74, 6) is -0.515. The van der Waals surface area contributed by atoms with E-state index in [4.69, 9.17) is 69.6 Å². The standard InChI is InChI=1S/C13H5Cl6F/c14-4-6-5(2-1-3-7(6)20)8-9(15)11(17)13(19)12(18)10(8)16/h1-3H,4H2. The van der Waals surface area contributed by atoms with Crippen LogP contribution in [0.2, 0.25) is 25.1 Å². The van der Waals surface area contributed by atoms with Crippen LogP contribution in [0.1, 0.15) is 5.56 Å². The maximum absolute atomic E-state index is 13.8. The van der Waals surface area contributed by atoms with Gasteiger partial charge in [0.2, 0.25) is 0 Å². The van der Waals surface area contributed by atoms with Gasteiger partial charge in [-0.3, -0.25) is 0 Å². The largest absolute Gasteiger partial charge is 0.207 e. The predicted octanol–water partition coefficient (Wildman–Crippen LogP) is 7.50. The molecule has 0 saturated heterocycles. The molecule has 0 unspecified atom stereocenters. The van der Waals surface area contributed by atoms with Gasteiger partial charge in [0.1, 0.15) is 5.82 Å². The molecule has 0 bridgehead atoms. The molecule has 20 heavy (non-hydrogen) atoms. The first-order valence-corrected chi connectivity index (χ1v) is 7.67. The van der Waals surface area contributed by atoms with E-state index in [2.05, 4.69) is 0 Å². The van der Waals surface area contributed by atoms with Gasteiger partial charge in [0.25, 0.3) is 0 Å². The lowest BCUT2D eigenvalue weighted by atomic mass is 10.00. The van der Waals surface area contributed by atoms with Gasteiger partial charge in [-0.15, -0.1) is 11.6 Å². The van der Waals surface area contributed by atoms with Crippen LogP contribution in [0.15, 0.2) is 18.2 Å². The first-order valence-electron chi connectivity index (χ1n) is 5.25. The minimum absolute atomic E-state index is 0.0491. The van der Waals surface area contributed by atoms with Crippen LogP contribution >= 0.6 is 69.6 Å². The SMILES string of the molecule is Fc1cccc(-c2c(Cl)c(Cl)c(Cl)c(Cl)c2Cl)c1CCl. The summed E-state index contributed by atoms with van der Waals surface area (Å²) in [6.45, 7) is 0. The summed E-state index contributed by atoms with van der Waals surface area (Å²) in [6, 6.07) is 4.44. The van der Waals surface area contributed by atoms with Gasteiger partial charge in [-0.05, 0) is 11.6 Å². The lowest BCUT2D eigenvalue weighted by Gasteiger charge is -2.15. The first-order chi connectivity index (χ1) is 9.40. The highest BCUT2D eigenvalue weighted by Gasteiger charge is 2.22. The highest BCUT2D eigenvalue weighted by atomic mass is 35.5. The van der Waals surface area contributed by atoms with E-state index in [-0.39, 0.29) is 36.6 Å². The quantitative estimate of drug-likeness (QED) is 0.282. The van der Waals surface area contributed by atoms with E-state index >= 15 is 0 Å². The molecule has 0 atom stereocenters. The van der Waals surface area contributed by atoms with Crippen LogP contribution in [0, 0.1) is 5.82 Å².